The number of hydrogen-bond acceptors (Lipinski definition) is 4. The van der Waals surface area contributed by atoms with Gasteiger partial charge in [0.05, 0.1) is 0 Å². The largest absolute Gasteiger partial charge is 0.459 e. The summed E-state index contributed by atoms with van der Waals surface area (Å²) < 4.78 is 77.3. The van der Waals surface area contributed by atoms with Crippen LogP contribution in [-0.4, -0.2) is 31.7 Å². The van der Waals surface area contributed by atoms with Gasteiger partial charge in [0.1, 0.15) is 0 Å². The third kappa shape index (κ3) is 3.64. The van der Waals surface area contributed by atoms with Gasteiger partial charge in [-0.2, -0.15) is 26.9 Å². The number of hydrogen-bond donors (Lipinski definition) is 0. The minimum absolute atomic E-state index is 1.16. The fourth-order valence-corrected chi connectivity index (χ4v) is 0.438. The van der Waals surface area contributed by atoms with Crippen LogP contribution in [0, 0.1) is 0 Å². The molecule has 0 radical (unpaired) electrons. The Hall–Kier alpha value is -0.870. The van der Waals surface area contributed by atoms with E-state index in [9.17, 15) is 31.3 Å². The first-order valence-electron chi connectivity index (χ1n) is 3.16. The molecule has 1 unspecified atom stereocenters. The molecule has 1 atom stereocenters. The van der Waals surface area contributed by atoms with Crippen molar-refractivity contribution in [1.82, 2.24) is 0 Å². The second-order valence-electron chi connectivity index (χ2n) is 2.06. The molecule has 0 aliphatic rings. The van der Waals surface area contributed by atoms with E-state index in [4.69, 9.17) is 0 Å². The minimum Gasteiger partial charge on any atom is -0.326 e. The van der Waals surface area contributed by atoms with E-state index in [1.807, 2.05) is 0 Å². The van der Waals surface area contributed by atoms with Crippen molar-refractivity contribution in [2.45, 2.75) is 12.0 Å². The predicted octanol–water partition coefficient (Wildman–Crippen LogP) is 1.56. The maximum Gasteiger partial charge on any atom is 0.459 e. The number of alkyl halides is 4. The Morgan fingerprint density at radius 2 is 1.67 bits per heavy atom. The van der Waals surface area contributed by atoms with E-state index in [1.54, 1.807) is 0 Å². The van der Waals surface area contributed by atoms with Gasteiger partial charge in [-0.1, -0.05) is 0 Å². The zero-order chi connectivity index (χ0) is 12.1. The van der Waals surface area contributed by atoms with Gasteiger partial charge in [-0.3, -0.25) is 4.79 Å². The molecule has 90 valence electrons. The first kappa shape index (κ1) is 14.1. The van der Waals surface area contributed by atoms with Gasteiger partial charge in [0, 0.05) is 0 Å². The van der Waals surface area contributed by atoms with Crippen LogP contribution in [0.15, 0.2) is 0 Å². The molecule has 0 saturated carbocycles. The summed E-state index contributed by atoms with van der Waals surface area (Å²) >= 11 is 0. The molecule has 0 saturated heterocycles. The quantitative estimate of drug-likeness (QED) is 0.307. The van der Waals surface area contributed by atoms with Gasteiger partial charge in [-0.05, 0) is 4.53 Å². The van der Waals surface area contributed by atoms with E-state index in [2.05, 4.69) is 14.4 Å². The van der Waals surface area contributed by atoms with E-state index in [1.165, 1.54) is 0 Å². The second-order valence-corrected chi connectivity index (χ2v) is 2.06. The van der Waals surface area contributed by atoms with Gasteiger partial charge in [-0.15, -0.1) is 0 Å². The van der Waals surface area contributed by atoms with Gasteiger partial charge in [0.25, 0.3) is 0 Å². The summed E-state index contributed by atoms with van der Waals surface area (Å²) in [4.78, 5) is 12.4. The molecule has 0 heterocycles. The van der Waals surface area contributed by atoms with Crippen LogP contribution in [0.1, 0.15) is 0 Å². The van der Waals surface area contributed by atoms with E-state index in [0.29, 0.717) is 0 Å². The zero-order valence-corrected chi connectivity index (χ0v) is 6.81. The Kier molecular flexibility index (Phi) is 4.97. The first-order valence-corrected chi connectivity index (χ1v) is 3.16. The summed E-state index contributed by atoms with van der Waals surface area (Å²) in [5.74, 6) is -5.12. The lowest BCUT2D eigenvalue weighted by Crippen LogP contribution is -2.49. The Morgan fingerprint density at radius 3 is 2.00 bits per heavy atom. The van der Waals surface area contributed by atoms with Crippen LogP contribution in [0.3, 0.4) is 0 Å². The monoisotopic (exact) mass is 242 g/mol. The second kappa shape index (κ2) is 5.28. The number of rotatable bonds is 6. The van der Waals surface area contributed by atoms with Gasteiger partial charge in [0.15, 0.2) is 13.6 Å². The average molecular weight is 242 g/mol. The molecule has 0 aliphatic carbocycles. The van der Waals surface area contributed by atoms with Crippen LogP contribution in [0.25, 0.3) is 0 Å². The lowest BCUT2D eigenvalue weighted by atomic mass is 10.3. The van der Waals surface area contributed by atoms with E-state index >= 15 is 0 Å². The third-order valence-electron chi connectivity index (χ3n) is 1.09. The molecule has 0 aromatic heterocycles. The maximum atomic E-state index is 12.6. The number of halogens is 6. The molecule has 0 aromatic rings. The van der Waals surface area contributed by atoms with E-state index < -0.39 is 31.7 Å². The highest BCUT2D eigenvalue weighted by Gasteiger charge is 2.64. The maximum absolute atomic E-state index is 12.6. The molecule has 0 aromatic carbocycles. The molecule has 4 nitrogen and oxygen atoms in total. The average Bonchev–Trinajstić information content (AvgIpc) is 2.09. The Bertz CT molecular complexity index is 218. The van der Waals surface area contributed by atoms with Crippen molar-refractivity contribution >= 4 is 6.04 Å². The highest BCUT2D eigenvalue weighted by molar-refractivity contribution is 5.77. The highest BCUT2D eigenvalue weighted by atomic mass is 19.4. The summed E-state index contributed by atoms with van der Waals surface area (Å²) in [5.41, 5.74) is 0. The molecule has 0 fully saturated rings. The summed E-state index contributed by atoms with van der Waals surface area (Å²) in [6.07, 6.45) is -5.90. The molecular weight excluding hydrogens is 238 g/mol. The molecule has 0 amide bonds. The van der Waals surface area contributed by atoms with Crippen molar-refractivity contribution in [2.75, 3.05) is 13.6 Å². The summed E-state index contributed by atoms with van der Waals surface area (Å²) in [5, 5.41) is 0. The van der Waals surface area contributed by atoms with Crippen LogP contribution in [0.5, 0.6) is 0 Å². The molecule has 10 heteroatoms. The summed E-state index contributed by atoms with van der Waals surface area (Å²) in [6.45, 7) is -2.68. The highest BCUT2D eigenvalue weighted by Crippen LogP contribution is 2.36. The van der Waals surface area contributed by atoms with Gasteiger partial charge >= 0.3 is 18.1 Å². The van der Waals surface area contributed by atoms with E-state index in [0.717, 1.165) is 0 Å². The summed E-state index contributed by atoms with van der Waals surface area (Å²) in [7, 11) is 0. The minimum atomic E-state index is -5.90. The molecule has 0 spiro atoms. The lowest BCUT2D eigenvalue weighted by Gasteiger charge is -2.22. The van der Waals surface area contributed by atoms with E-state index in [-0.39, 0.29) is 0 Å². The number of ether oxygens (including phenoxy) is 2. The van der Waals surface area contributed by atoms with Crippen LogP contribution < -0.4 is 0 Å². The fourth-order valence-electron chi connectivity index (χ4n) is 0.438. The van der Waals surface area contributed by atoms with Gasteiger partial charge in [-0.25, -0.2) is 0 Å². The predicted molar refractivity (Wildman–Crippen MR) is 30.1 cm³/mol. The molecule has 0 aliphatic heterocycles. The lowest BCUT2D eigenvalue weighted by molar-refractivity contribution is -0.345. The smallest absolute Gasteiger partial charge is 0.326 e. The zero-order valence-electron chi connectivity index (χ0n) is 6.81. The Labute approximate surface area is 78.6 Å². The van der Waals surface area contributed by atoms with Gasteiger partial charge in [0.2, 0.25) is 0 Å². The van der Waals surface area contributed by atoms with Crippen molar-refractivity contribution in [1.29, 1.82) is 0 Å². The fraction of sp³-hybridized carbons (Fsp3) is 0.800. The van der Waals surface area contributed by atoms with Crippen LogP contribution in [0.4, 0.5) is 26.5 Å². The van der Waals surface area contributed by atoms with Crippen molar-refractivity contribution in [2.24, 2.45) is 0 Å². The van der Waals surface area contributed by atoms with Crippen molar-refractivity contribution in [3.63, 3.8) is 0 Å². The van der Waals surface area contributed by atoms with Crippen LogP contribution >= 0.6 is 0 Å². The third-order valence-corrected chi connectivity index (χ3v) is 1.09. The molecule has 15 heavy (non-hydrogen) atoms. The molecule has 0 N–H and O–H groups in total. The molecule has 0 bridgehead atoms. The Balaban J connectivity index is 4.35. The van der Waals surface area contributed by atoms with Crippen molar-refractivity contribution in [3.05, 3.63) is 0 Å². The van der Waals surface area contributed by atoms with Crippen LogP contribution in [0.2, 0.25) is 0 Å². The van der Waals surface area contributed by atoms with Gasteiger partial charge < -0.3 is 9.47 Å². The number of carbonyl (C=O) groups is 1. The van der Waals surface area contributed by atoms with Crippen LogP contribution in [-0.2, 0) is 19.2 Å². The normalized spacial score (nSPS) is 16.1. The first-order chi connectivity index (χ1) is 6.75. The topological polar surface area (TPSA) is 44.8 Å². The molecular formula is C5H4F6O4. The molecule has 0 rings (SSSR count). The standard InChI is InChI=1S/C5H4F6O4/c6-3(12)4(7,5(8,9)10)14-1-13-2-15-11/h1-2H2. The number of carbonyl (C=O) groups excluding carboxylic acids is 1. The summed E-state index contributed by atoms with van der Waals surface area (Å²) in [6, 6.07) is -3.39. The van der Waals surface area contributed by atoms with Crippen molar-refractivity contribution < 1.29 is 45.7 Å². The SMILES string of the molecule is O=C(F)C(F)(OCOCOF)C(F)(F)F. The Morgan fingerprint density at radius 1 is 1.13 bits per heavy atom. The van der Waals surface area contributed by atoms with Crippen molar-refractivity contribution in [3.8, 4) is 0 Å².